The summed E-state index contributed by atoms with van der Waals surface area (Å²) in [6, 6.07) is 1.80. The predicted molar refractivity (Wildman–Crippen MR) is 74.8 cm³/mol. The van der Waals surface area contributed by atoms with Gasteiger partial charge in [-0.25, -0.2) is 4.98 Å². The van der Waals surface area contributed by atoms with Crippen molar-refractivity contribution in [2.75, 3.05) is 31.1 Å². The van der Waals surface area contributed by atoms with Crippen molar-refractivity contribution in [3.05, 3.63) is 17.8 Å². The second-order valence-corrected chi connectivity index (χ2v) is 4.84. The van der Waals surface area contributed by atoms with Crippen LogP contribution in [0, 0.1) is 0 Å². The van der Waals surface area contributed by atoms with Crippen molar-refractivity contribution in [2.24, 2.45) is 0 Å². The molecule has 1 saturated heterocycles. The van der Waals surface area contributed by atoms with E-state index in [0.29, 0.717) is 11.2 Å². The van der Waals surface area contributed by atoms with Crippen molar-refractivity contribution in [3.8, 4) is 0 Å². The molecule has 7 nitrogen and oxygen atoms in total. The predicted octanol–water partition coefficient (Wildman–Crippen LogP) is 0.280. The van der Waals surface area contributed by atoms with Crippen molar-refractivity contribution in [2.45, 2.75) is 12.8 Å². The van der Waals surface area contributed by atoms with Gasteiger partial charge in [0.05, 0.1) is 17.6 Å². The van der Waals surface area contributed by atoms with Crippen LogP contribution in [0.25, 0.3) is 11.0 Å². The summed E-state index contributed by atoms with van der Waals surface area (Å²) in [7, 11) is 0. The molecule has 7 heteroatoms. The molecule has 2 aromatic heterocycles. The molecule has 2 aromatic rings. The summed E-state index contributed by atoms with van der Waals surface area (Å²) in [4.78, 5) is 18.3. The third kappa shape index (κ3) is 2.32. The third-order valence-corrected chi connectivity index (χ3v) is 3.46. The fourth-order valence-electron chi connectivity index (χ4n) is 2.46. The molecule has 1 aliphatic rings. The van der Waals surface area contributed by atoms with Gasteiger partial charge in [0.15, 0.2) is 11.5 Å². The van der Waals surface area contributed by atoms with Crippen LogP contribution in [0.4, 0.5) is 5.82 Å². The number of hydrogen-bond donors (Lipinski definition) is 3. The molecule has 3 rings (SSSR count). The van der Waals surface area contributed by atoms with Crippen molar-refractivity contribution in [1.82, 2.24) is 20.5 Å². The van der Waals surface area contributed by atoms with E-state index in [0.717, 1.165) is 24.3 Å². The van der Waals surface area contributed by atoms with Crippen molar-refractivity contribution < 1.29 is 9.90 Å². The highest BCUT2D eigenvalue weighted by Gasteiger charge is 2.19. The van der Waals surface area contributed by atoms with Gasteiger partial charge in [0, 0.05) is 25.8 Å². The number of aromatic amines is 1. The zero-order valence-electron chi connectivity index (χ0n) is 11.1. The van der Waals surface area contributed by atoms with Crippen LogP contribution in [-0.4, -0.2) is 52.4 Å². The molecule has 3 N–H and O–H groups in total. The molecule has 0 radical (unpaired) electrons. The Morgan fingerprint density at radius 3 is 3.00 bits per heavy atom. The van der Waals surface area contributed by atoms with E-state index >= 15 is 0 Å². The largest absolute Gasteiger partial charge is 0.395 e. The highest BCUT2D eigenvalue weighted by Crippen LogP contribution is 2.26. The lowest BCUT2D eigenvalue weighted by molar-refractivity contribution is 0.0944. The van der Waals surface area contributed by atoms with Gasteiger partial charge in [0.1, 0.15) is 0 Å². The maximum absolute atomic E-state index is 11.9. The molecule has 0 aromatic carbocycles. The van der Waals surface area contributed by atoms with E-state index in [1.54, 1.807) is 6.07 Å². The molecule has 0 unspecified atom stereocenters. The molecular formula is C13H17N5O2. The van der Waals surface area contributed by atoms with Gasteiger partial charge in [-0.3, -0.25) is 9.89 Å². The van der Waals surface area contributed by atoms with Gasteiger partial charge >= 0.3 is 0 Å². The van der Waals surface area contributed by atoms with E-state index in [2.05, 4.69) is 25.4 Å². The standard InChI is InChI=1S/C13H17N5O2/c19-6-3-14-13(20)9-7-10-11(15-8-9)16-17-12(10)18-4-1-2-5-18/h7-8,19H,1-6H2,(H,14,20)(H,15,16,17). The first-order chi connectivity index (χ1) is 9.79. The fourth-order valence-corrected chi connectivity index (χ4v) is 2.46. The van der Waals surface area contributed by atoms with Crippen molar-refractivity contribution in [3.63, 3.8) is 0 Å². The van der Waals surface area contributed by atoms with Crippen LogP contribution < -0.4 is 10.2 Å². The molecule has 0 saturated carbocycles. The van der Waals surface area contributed by atoms with E-state index in [1.165, 1.54) is 19.0 Å². The number of rotatable bonds is 4. The topological polar surface area (TPSA) is 94.1 Å². The normalized spacial score (nSPS) is 14.9. The SMILES string of the molecule is O=C(NCCO)c1cnc2[nH]nc(N3CCCC3)c2c1. The molecule has 0 aliphatic carbocycles. The maximum atomic E-state index is 11.9. The van der Waals surface area contributed by atoms with Crippen LogP contribution in [0.5, 0.6) is 0 Å². The number of fused-ring (bicyclic) bond motifs is 1. The molecule has 1 aliphatic heterocycles. The second kappa shape index (κ2) is 5.46. The van der Waals surface area contributed by atoms with E-state index in [9.17, 15) is 4.79 Å². The number of anilines is 1. The average molecular weight is 275 g/mol. The highest BCUT2D eigenvalue weighted by atomic mass is 16.3. The Labute approximate surface area is 116 Å². The molecule has 3 heterocycles. The summed E-state index contributed by atoms with van der Waals surface area (Å²) >= 11 is 0. The van der Waals surface area contributed by atoms with Crippen LogP contribution in [0.1, 0.15) is 23.2 Å². The van der Waals surface area contributed by atoms with Crippen LogP contribution in [0.2, 0.25) is 0 Å². The lowest BCUT2D eigenvalue weighted by Gasteiger charge is -2.14. The second-order valence-electron chi connectivity index (χ2n) is 4.84. The Hall–Kier alpha value is -2.15. The number of nitrogens with one attached hydrogen (secondary N) is 2. The number of H-pyrrole nitrogens is 1. The minimum Gasteiger partial charge on any atom is -0.395 e. The summed E-state index contributed by atoms with van der Waals surface area (Å²) in [6.07, 6.45) is 3.85. The number of hydrogen-bond acceptors (Lipinski definition) is 5. The van der Waals surface area contributed by atoms with Crippen molar-refractivity contribution >= 4 is 22.8 Å². The first-order valence-electron chi connectivity index (χ1n) is 6.78. The molecule has 0 bridgehead atoms. The summed E-state index contributed by atoms with van der Waals surface area (Å²) < 4.78 is 0. The van der Waals surface area contributed by atoms with Gasteiger partial charge in [0.2, 0.25) is 0 Å². The number of pyridine rings is 1. The van der Waals surface area contributed by atoms with Crippen LogP contribution in [0.3, 0.4) is 0 Å². The molecule has 0 spiro atoms. The monoisotopic (exact) mass is 275 g/mol. The Morgan fingerprint density at radius 1 is 1.45 bits per heavy atom. The number of aliphatic hydroxyl groups is 1. The van der Waals surface area contributed by atoms with Gasteiger partial charge in [-0.15, -0.1) is 0 Å². The van der Waals surface area contributed by atoms with E-state index in [-0.39, 0.29) is 19.1 Å². The first kappa shape index (κ1) is 12.9. The Balaban J connectivity index is 1.92. The minimum atomic E-state index is -0.234. The molecule has 0 atom stereocenters. The third-order valence-electron chi connectivity index (χ3n) is 3.46. The fraction of sp³-hybridized carbons (Fsp3) is 0.462. The Bertz CT molecular complexity index is 618. The molecule has 106 valence electrons. The number of aliphatic hydroxyl groups excluding tert-OH is 1. The summed E-state index contributed by atoms with van der Waals surface area (Å²) in [5.41, 5.74) is 1.17. The zero-order valence-corrected chi connectivity index (χ0v) is 11.1. The average Bonchev–Trinajstić information content (AvgIpc) is 3.12. The number of carbonyl (C=O) groups is 1. The smallest absolute Gasteiger partial charge is 0.252 e. The summed E-state index contributed by atoms with van der Waals surface area (Å²) in [6.45, 7) is 2.13. The number of nitrogens with zero attached hydrogens (tertiary/aromatic N) is 3. The summed E-state index contributed by atoms with van der Waals surface area (Å²) in [5.74, 6) is 0.629. The lowest BCUT2D eigenvalue weighted by atomic mass is 10.2. The Morgan fingerprint density at radius 2 is 2.25 bits per heavy atom. The van der Waals surface area contributed by atoms with Gasteiger partial charge in [-0.05, 0) is 18.9 Å². The van der Waals surface area contributed by atoms with Crippen LogP contribution in [-0.2, 0) is 0 Å². The maximum Gasteiger partial charge on any atom is 0.252 e. The summed E-state index contributed by atoms with van der Waals surface area (Å²) in [5, 5.41) is 19.4. The Kier molecular flexibility index (Phi) is 3.51. The minimum absolute atomic E-state index is 0.0772. The van der Waals surface area contributed by atoms with Crippen molar-refractivity contribution in [1.29, 1.82) is 0 Å². The van der Waals surface area contributed by atoms with Gasteiger partial charge in [-0.1, -0.05) is 0 Å². The molecule has 1 fully saturated rings. The molecule has 20 heavy (non-hydrogen) atoms. The molecular weight excluding hydrogens is 258 g/mol. The molecule has 1 amide bonds. The van der Waals surface area contributed by atoms with E-state index in [1.807, 2.05) is 0 Å². The lowest BCUT2D eigenvalue weighted by Crippen LogP contribution is -2.26. The highest BCUT2D eigenvalue weighted by molar-refractivity contribution is 5.99. The van der Waals surface area contributed by atoms with Gasteiger partial charge < -0.3 is 15.3 Å². The number of amides is 1. The van der Waals surface area contributed by atoms with Gasteiger partial charge in [-0.2, -0.15) is 5.10 Å². The van der Waals surface area contributed by atoms with Gasteiger partial charge in [0.25, 0.3) is 5.91 Å². The van der Waals surface area contributed by atoms with Crippen LogP contribution in [0.15, 0.2) is 12.3 Å². The van der Waals surface area contributed by atoms with E-state index < -0.39 is 0 Å². The van der Waals surface area contributed by atoms with E-state index in [4.69, 9.17) is 5.11 Å². The zero-order chi connectivity index (χ0) is 13.9. The number of aromatic nitrogens is 3. The quantitative estimate of drug-likeness (QED) is 0.745. The number of carbonyl (C=O) groups excluding carboxylic acids is 1. The first-order valence-corrected chi connectivity index (χ1v) is 6.78. The van der Waals surface area contributed by atoms with Crippen LogP contribution >= 0.6 is 0 Å².